The van der Waals surface area contributed by atoms with Crippen molar-refractivity contribution in [3.8, 4) is 0 Å². The number of benzene rings is 1. The number of carbonyl (C=O) groups excluding carboxylic acids is 3. The molecular weight excluding hydrogens is 300 g/mol. The molecule has 0 heterocycles. The average molecular weight is 318 g/mol. The van der Waals surface area contributed by atoms with Crippen LogP contribution in [0, 0.1) is 0 Å². The SMILES string of the molecule is CCOC(=O)N(NC(=O)c1ccccc1)C1=C(O)CCCC1=O. The van der Waals surface area contributed by atoms with Crippen LogP contribution in [-0.2, 0) is 9.53 Å². The molecule has 122 valence electrons. The van der Waals surface area contributed by atoms with Crippen molar-refractivity contribution in [1.82, 2.24) is 10.4 Å². The molecule has 0 saturated carbocycles. The quantitative estimate of drug-likeness (QED) is 0.834. The summed E-state index contributed by atoms with van der Waals surface area (Å²) in [5.41, 5.74) is 2.40. The standard InChI is InChI=1S/C16H18N2O5/c1-2-23-16(22)18(14-12(19)9-6-10-13(14)20)17-15(21)11-7-4-3-5-8-11/h3-5,7-8,19H,2,6,9-10H2,1H3,(H,17,21). The maximum Gasteiger partial charge on any atom is 0.433 e. The van der Waals surface area contributed by atoms with Crippen LogP contribution in [0.1, 0.15) is 36.5 Å². The minimum absolute atomic E-state index is 0.0682. The summed E-state index contributed by atoms with van der Waals surface area (Å²) in [6.07, 6.45) is 0.0279. The van der Waals surface area contributed by atoms with Crippen LogP contribution in [0.3, 0.4) is 0 Å². The fourth-order valence-corrected chi connectivity index (χ4v) is 2.20. The smallest absolute Gasteiger partial charge is 0.433 e. The van der Waals surface area contributed by atoms with E-state index in [1.54, 1.807) is 37.3 Å². The Labute approximate surface area is 133 Å². The summed E-state index contributed by atoms with van der Waals surface area (Å²) in [6, 6.07) is 8.22. The molecule has 1 aliphatic carbocycles. The van der Waals surface area contributed by atoms with Crippen LogP contribution in [0.4, 0.5) is 4.79 Å². The van der Waals surface area contributed by atoms with Gasteiger partial charge >= 0.3 is 6.09 Å². The largest absolute Gasteiger partial charge is 0.510 e. The Bertz CT molecular complexity index is 639. The molecule has 0 aliphatic heterocycles. The van der Waals surface area contributed by atoms with Gasteiger partial charge in [-0.3, -0.25) is 15.0 Å². The van der Waals surface area contributed by atoms with Crippen molar-refractivity contribution >= 4 is 17.8 Å². The zero-order valence-corrected chi connectivity index (χ0v) is 12.7. The fraction of sp³-hybridized carbons (Fsp3) is 0.312. The highest BCUT2D eigenvalue weighted by Gasteiger charge is 2.32. The first-order valence-corrected chi connectivity index (χ1v) is 7.32. The average Bonchev–Trinajstić information content (AvgIpc) is 2.54. The number of Topliss-reactive ketones (excluding diaryl/α,β-unsaturated/α-hetero) is 1. The van der Waals surface area contributed by atoms with Gasteiger partial charge in [0.15, 0.2) is 5.78 Å². The molecule has 23 heavy (non-hydrogen) atoms. The number of rotatable bonds is 3. The molecule has 2 rings (SSSR count). The van der Waals surface area contributed by atoms with Crippen LogP contribution >= 0.6 is 0 Å². The first-order chi connectivity index (χ1) is 11.0. The zero-order chi connectivity index (χ0) is 16.8. The third kappa shape index (κ3) is 3.88. The molecule has 7 nitrogen and oxygen atoms in total. The van der Waals surface area contributed by atoms with E-state index in [0.29, 0.717) is 17.0 Å². The lowest BCUT2D eigenvalue weighted by Crippen LogP contribution is -2.48. The van der Waals surface area contributed by atoms with Gasteiger partial charge < -0.3 is 9.84 Å². The number of hydrogen-bond acceptors (Lipinski definition) is 5. The van der Waals surface area contributed by atoms with Gasteiger partial charge in [0.1, 0.15) is 11.5 Å². The van der Waals surface area contributed by atoms with Crippen LogP contribution in [0.2, 0.25) is 0 Å². The highest BCUT2D eigenvalue weighted by molar-refractivity contribution is 6.01. The number of aliphatic hydroxyl groups is 1. The molecule has 0 bridgehead atoms. The van der Waals surface area contributed by atoms with Gasteiger partial charge in [0.05, 0.1) is 6.61 Å². The van der Waals surface area contributed by atoms with Gasteiger partial charge in [-0.25, -0.2) is 4.79 Å². The molecular formula is C16H18N2O5. The molecule has 7 heteroatoms. The number of ketones is 1. The molecule has 0 aromatic heterocycles. The highest BCUT2D eigenvalue weighted by Crippen LogP contribution is 2.22. The number of hydrazine groups is 1. The van der Waals surface area contributed by atoms with Crippen LogP contribution in [0.5, 0.6) is 0 Å². The summed E-state index contributed by atoms with van der Waals surface area (Å²) in [5.74, 6) is -1.24. The number of nitrogens with zero attached hydrogens (tertiary/aromatic N) is 1. The van der Waals surface area contributed by atoms with Gasteiger partial charge in [0.25, 0.3) is 5.91 Å². The Morgan fingerprint density at radius 1 is 1.26 bits per heavy atom. The molecule has 0 saturated heterocycles. The van der Waals surface area contributed by atoms with Gasteiger partial charge in [-0.05, 0) is 25.5 Å². The van der Waals surface area contributed by atoms with Crippen LogP contribution in [-0.4, -0.2) is 34.5 Å². The first kappa shape index (κ1) is 16.5. The Morgan fingerprint density at radius 3 is 2.57 bits per heavy atom. The van der Waals surface area contributed by atoms with Crippen molar-refractivity contribution in [3.63, 3.8) is 0 Å². The molecule has 1 aromatic carbocycles. The van der Waals surface area contributed by atoms with E-state index in [0.717, 1.165) is 0 Å². The summed E-state index contributed by atoms with van der Waals surface area (Å²) in [7, 11) is 0. The lowest BCUT2D eigenvalue weighted by atomic mass is 10.0. The van der Waals surface area contributed by atoms with Crippen molar-refractivity contribution in [2.45, 2.75) is 26.2 Å². The molecule has 1 aromatic rings. The predicted molar refractivity (Wildman–Crippen MR) is 81.3 cm³/mol. The topological polar surface area (TPSA) is 95.9 Å². The lowest BCUT2D eigenvalue weighted by Gasteiger charge is -2.26. The maximum absolute atomic E-state index is 12.2. The summed E-state index contributed by atoms with van der Waals surface area (Å²) in [6.45, 7) is 1.67. The molecule has 0 unspecified atom stereocenters. The van der Waals surface area contributed by atoms with E-state index in [1.165, 1.54) is 0 Å². The maximum atomic E-state index is 12.2. The van der Waals surface area contributed by atoms with Gasteiger partial charge in [-0.15, -0.1) is 0 Å². The Hall–Kier alpha value is -2.83. The second kappa shape index (κ2) is 7.44. The molecule has 0 spiro atoms. The minimum Gasteiger partial charge on any atom is -0.510 e. The lowest BCUT2D eigenvalue weighted by molar-refractivity contribution is -0.118. The number of hydrogen-bond donors (Lipinski definition) is 2. The second-order valence-corrected chi connectivity index (χ2v) is 4.91. The molecule has 0 fully saturated rings. The van der Waals surface area contributed by atoms with Crippen molar-refractivity contribution < 1.29 is 24.2 Å². The third-order valence-corrected chi connectivity index (χ3v) is 3.28. The molecule has 2 N–H and O–H groups in total. The van der Waals surface area contributed by atoms with Crippen molar-refractivity contribution in [1.29, 1.82) is 0 Å². The van der Waals surface area contributed by atoms with E-state index in [2.05, 4.69) is 5.43 Å². The van der Waals surface area contributed by atoms with Gasteiger partial charge in [-0.1, -0.05) is 18.2 Å². The summed E-state index contributed by atoms with van der Waals surface area (Å²) in [5, 5.41) is 10.7. The van der Waals surface area contributed by atoms with E-state index in [-0.39, 0.29) is 30.9 Å². The summed E-state index contributed by atoms with van der Waals surface area (Å²) >= 11 is 0. The van der Waals surface area contributed by atoms with Gasteiger partial charge in [0, 0.05) is 18.4 Å². The van der Waals surface area contributed by atoms with E-state index >= 15 is 0 Å². The van der Waals surface area contributed by atoms with Gasteiger partial charge in [0.2, 0.25) is 0 Å². The number of carbonyl (C=O) groups is 3. The monoisotopic (exact) mass is 318 g/mol. The Kier molecular flexibility index (Phi) is 5.35. The summed E-state index contributed by atoms with van der Waals surface area (Å²) < 4.78 is 4.87. The molecule has 0 radical (unpaired) electrons. The first-order valence-electron chi connectivity index (χ1n) is 7.32. The Balaban J connectivity index is 2.30. The molecule has 2 amide bonds. The van der Waals surface area contributed by atoms with E-state index in [9.17, 15) is 19.5 Å². The number of aliphatic hydroxyl groups excluding tert-OH is 1. The number of ether oxygens (including phenoxy) is 1. The predicted octanol–water partition coefficient (Wildman–Crippen LogP) is 2.31. The van der Waals surface area contributed by atoms with E-state index in [1.807, 2.05) is 0 Å². The van der Waals surface area contributed by atoms with Crippen LogP contribution < -0.4 is 5.43 Å². The second-order valence-electron chi connectivity index (χ2n) is 4.91. The van der Waals surface area contributed by atoms with Crippen molar-refractivity contribution in [2.75, 3.05) is 6.61 Å². The normalized spacial score (nSPS) is 14.4. The van der Waals surface area contributed by atoms with Crippen LogP contribution in [0.15, 0.2) is 41.8 Å². The van der Waals surface area contributed by atoms with Crippen molar-refractivity contribution in [2.24, 2.45) is 0 Å². The molecule has 1 aliphatic rings. The number of allylic oxidation sites excluding steroid dienone is 2. The minimum atomic E-state index is -0.923. The van der Waals surface area contributed by atoms with Crippen LogP contribution in [0.25, 0.3) is 0 Å². The van der Waals surface area contributed by atoms with E-state index < -0.39 is 17.8 Å². The third-order valence-electron chi connectivity index (χ3n) is 3.28. The van der Waals surface area contributed by atoms with Crippen molar-refractivity contribution in [3.05, 3.63) is 47.4 Å². The fourth-order valence-electron chi connectivity index (χ4n) is 2.20. The molecule has 0 atom stereocenters. The Morgan fingerprint density at radius 2 is 1.96 bits per heavy atom. The zero-order valence-electron chi connectivity index (χ0n) is 12.7. The number of amides is 2. The highest BCUT2D eigenvalue weighted by atomic mass is 16.6. The van der Waals surface area contributed by atoms with E-state index in [4.69, 9.17) is 4.74 Å². The van der Waals surface area contributed by atoms with Gasteiger partial charge in [-0.2, -0.15) is 5.01 Å². The number of nitrogens with one attached hydrogen (secondary N) is 1. The summed E-state index contributed by atoms with van der Waals surface area (Å²) in [4.78, 5) is 36.4.